The van der Waals surface area contributed by atoms with Gasteiger partial charge in [0.25, 0.3) is 11.5 Å². The van der Waals surface area contributed by atoms with Gasteiger partial charge in [-0.15, -0.1) is 0 Å². The largest absolute Gasteiger partial charge is 0.365 e. The van der Waals surface area contributed by atoms with Crippen molar-refractivity contribution in [2.24, 2.45) is 11.7 Å². The van der Waals surface area contributed by atoms with Crippen molar-refractivity contribution in [1.82, 2.24) is 14.5 Å². The summed E-state index contributed by atoms with van der Waals surface area (Å²) in [5.41, 5.74) is 9.80. The Bertz CT molecular complexity index is 1190. The Morgan fingerprint density at radius 1 is 1.13 bits per heavy atom. The summed E-state index contributed by atoms with van der Waals surface area (Å²) in [5, 5.41) is 0. The molecule has 0 aromatic carbocycles. The minimum Gasteiger partial charge on any atom is -0.365 e. The van der Waals surface area contributed by atoms with E-state index in [9.17, 15) is 9.59 Å². The number of rotatable bonds is 3. The average molecular weight is 401 g/mol. The SMILES string of the molecule is Cc1ccc(C(N)=O)c(N2C[C@@H]3C[C@H](C2)c2cc(-c4cccnc4)cc(=O)n2C3)n1. The molecule has 2 aliphatic rings. The summed E-state index contributed by atoms with van der Waals surface area (Å²) in [7, 11) is 0. The number of aryl methyl sites for hydroxylation is 1. The normalized spacial score (nSPS) is 20.0. The Hall–Kier alpha value is -3.48. The molecule has 1 amide bonds. The third-order valence-electron chi connectivity index (χ3n) is 6.13. The number of amides is 1. The minimum atomic E-state index is -0.469. The van der Waals surface area contributed by atoms with Gasteiger partial charge in [0, 0.05) is 61.0 Å². The molecule has 0 unspecified atom stereocenters. The van der Waals surface area contributed by atoms with Crippen LogP contribution in [0.4, 0.5) is 5.82 Å². The van der Waals surface area contributed by atoms with Crippen LogP contribution in [0.25, 0.3) is 11.1 Å². The standard InChI is InChI=1S/C23H23N5O2/c1-14-4-5-19(22(24)30)23(26-14)27-11-15-7-18(13-27)20-8-17(9-21(29)28(20)12-15)16-3-2-6-25-10-16/h2-6,8-10,15,18H,7,11-13H2,1H3,(H2,24,30)/t15-,18+/m0/s1. The van der Waals surface area contributed by atoms with E-state index in [1.54, 1.807) is 24.5 Å². The van der Waals surface area contributed by atoms with E-state index in [0.717, 1.165) is 35.5 Å². The molecule has 0 radical (unpaired) electrons. The molecule has 7 heteroatoms. The van der Waals surface area contributed by atoms with Gasteiger partial charge in [-0.05, 0) is 49.1 Å². The van der Waals surface area contributed by atoms with E-state index >= 15 is 0 Å². The van der Waals surface area contributed by atoms with Crippen LogP contribution in [-0.4, -0.2) is 33.5 Å². The van der Waals surface area contributed by atoms with Crippen LogP contribution in [0.15, 0.2) is 53.6 Å². The summed E-state index contributed by atoms with van der Waals surface area (Å²) >= 11 is 0. The topological polar surface area (TPSA) is 94.1 Å². The number of carbonyl (C=O) groups is 1. The molecule has 30 heavy (non-hydrogen) atoms. The van der Waals surface area contributed by atoms with E-state index in [-0.39, 0.29) is 11.5 Å². The predicted octanol–water partition coefficient (Wildman–Crippen LogP) is 2.34. The Labute approximate surface area is 174 Å². The first-order chi connectivity index (χ1) is 14.5. The van der Waals surface area contributed by atoms with Crippen molar-refractivity contribution >= 4 is 11.7 Å². The number of aromatic nitrogens is 3. The van der Waals surface area contributed by atoms with Crippen molar-refractivity contribution in [3.63, 3.8) is 0 Å². The smallest absolute Gasteiger partial charge is 0.252 e. The second-order valence-electron chi connectivity index (χ2n) is 8.25. The fraction of sp³-hybridized carbons (Fsp3) is 0.304. The van der Waals surface area contributed by atoms with E-state index in [4.69, 9.17) is 5.73 Å². The van der Waals surface area contributed by atoms with Crippen LogP contribution in [0.3, 0.4) is 0 Å². The van der Waals surface area contributed by atoms with Crippen molar-refractivity contribution in [1.29, 1.82) is 0 Å². The van der Waals surface area contributed by atoms with Gasteiger partial charge in [-0.3, -0.25) is 14.6 Å². The second kappa shape index (κ2) is 7.09. The summed E-state index contributed by atoms with van der Waals surface area (Å²) < 4.78 is 1.91. The van der Waals surface area contributed by atoms with Gasteiger partial charge >= 0.3 is 0 Å². The third kappa shape index (κ3) is 3.16. The molecule has 3 aromatic heterocycles. The van der Waals surface area contributed by atoms with Crippen molar-refractivity contribution in [2.45, 2.75) is 25.8 Å². The van der Waals surface area contributed by atoms with Crippen LogP contribution in [0.2, 0.25) is 0 Å². The molecule has 2 atom stereocenters. The lowest BCUT2D eigenvalue weighted by Crippen LogP contribution is -2.48. The molecule has 2 N–H and O–H groups in total. The minimum absolute atomic E-state index is 0.0287. The van der Waals surface area contributed by atoms with Crippen molar-refractivity contribution in [3.8, 4) is 11.1 Å². The molecule has 5 heterocycles. The van der Waals surface area contributed by atoms with Crippen LogP contribution < -0.4 is 16.2 Å². The molecule has 152 valence electrons. The van der Waals surface area contributed by atoms with Gasteiger partial charge in [0.05, 0.1) is 5.56 Å². The first-order valence-electron chi connectivity index (χ1n) is 10.2. The van der Waals surface area contributed by atoms with E-state index < -0.39 is 5.91 Å². The zero-order chi connectivity index (χ0) is 20.8. The Morgan fingerprint density at radius 3 is 2.77 bits per heavy atom. The average Bonchev–Trinajstić information content (AvgIpc) is 2.74. The summed E-state index contributed by atoms with van der Waals surface area (Å²) in [4.78, 5) is 35.8. The molecular formula is C23H23N5O2. The van der Waals surface area contributed by atoms with Crippen molar-refractivity contribution in [3.05, 3.63) is 76.1 Å². The first-order valence-corrected chi connectivity index (χ1v) is 10.2. The number of piperidine rings is 1. The maximum atomic E-state index is 12.9. The van der Waals surface area contributed by atoms with Gasteiger partial charge in [-0.25, -0.2) is 4.98 Å². The number of fused-ring (bicyclic) bond motifs is 4. The molecule has 2 bridgehead atoms. The highest BCUT2D eigenvalue weighted by molar-refractivity contribution is 5.97. The highest BCUT2D eigenvalue weighted by Gasteiger charge is 2.36. The van der Waals surface area contributed by atoms with Crippen LogP contribution in [0.1, 0.15) is 34.1 Å². The maximum absolute atomic E-state index is 12.9. The second-order valence-corrected chi connectivity index (χ2v) is 8.25. The molecule has 7 nitrogen and oxygen atoms in total. The molecular weight excluding hydrogens is 378 g/mol. The van der Waals surface area contributed by atoms with Gasteiger partial charge < -0.3 is 15.2 Å². The van der Waals surface area contributed by atoms with E-state index in [0.29, 0.717) is 30.4 Å². The number of carbonyl (C=O) groups excluding carboxylic acids is 1. The number of nitrogens with two attached hydrogens (primary N) is 1. The lowest BCUT2D eigenvalue weighted by molar-refractivity contribution is 0.1000. The fourth-order valence-corrected chi connectivity index (χ4v) is 4.81. The number of pyridine rings is 3. The molecule has 0 saturated carbocycles. The molecule has 0 spiro atoms. The highest BCUT2D eigenvalue weighted by atomic mass is 16.1. The Morgan fingerprint density at radius 2 is 2.00 bits per heavy atom. The van der Waals surface area contributed by atoms with Crippen LogP contribution in [0.5, 0.6) is 0 Å². The zero-order valence-electron chi connectivity index (χ0n) is 16.8. The first kappa shape index (κ1) is 18.5. The van der Waals surface area contributed by atoms with Gasteiger partial charge in [-0.1, -0.05) is 6.07 Å². The zero-order valence-corrected chi connectivity index (χ0v) is 16.8. The summed E-state index contributed by atoms with van der Waals surface area (Å²) in [6.07, 6.45) is 4.52. The lowest BCUT2D eigenvalue weighted by Gasteiger charge is -2.43. The Balaban J connectivity index is 1.55. The highest BCUT2D eigenvalue weighted by Crippen LogP contribution is 2.38. The van der Waals surface area contributed by atoms with E-state index in [1.807, 2.05) is 29.7 Å². The molecule has 0 aliphatic carbocycles. The summed E-state index contributed by atoms with van der Waals surface area (Å²) in [5.74, 6) is 0.686. The van der Waals surface area contributed by atoms with Gasteiger partial charge in [0.15, 0.2) is 0 Å². The fourth-order valence-electron chi connectivity index (χ4n) is 4.81. The molecule has 3 aromatic rings. The maximum Gasteiger partial charge on any atom is 0.252 e. The molecule has 1 saturated heterocycles. The van der Waals surface area contributed by atoms with Crippen LogP contribution in [0, 0.1) is 12.8 Å². The van der Waals surface area contributed by atoms with E-state index in [1.165, 1.54) is 0 Å². The van der Waals surface area contributed by atoms with Gasteiger partial charge in [0.2, 0.25) is 0 Å². The molecule has 1 fully saturated rings. The number of anilines is 1. The third-order valence-corrected chi connectivity index (χ3v) is 6.13. The molecule has 5 rings (SSSR count). The molecule has 2 aliphatic heterocycles. The quantitative estimate of drug-likeness (QED) is 0.727. The van der Waals surface area contributed by atoms with Crippen LogP contribution >= 0.6 is 0 Å². The van der Waals surface area contributed by atoms with Gasteiger partial charge in [0.1, 0.15) is 5.82 Å². The lowest BCUT2D eigenvalue weighted by atomic mass is 9.82. The van der Waals surface area contributed by atoms with Crippen molar-refractivity contribution in [2.75, 3.05) is 18.0 Å². The van der Waals surface area contributed by atoms with Crippen molar-refractivity contribution < 1.29 is 4.79 Å². The van der Waals surface area contributed by atoms with E-state index in [2.05, 4.69) is 20.9 Å². The van der Waals surface area contributed by atoms with Gasteiger partial charge in [-0.2, -0.15) is 0 Å². The number of hydrogen-bond acceptors (Lipinski definition) is 5. The number of primary amides is 1. The number of nitrogens with zero attached hydrogens (tertiary/aromatic N) is 4. The summed E-state index contributed by atoms with van der Waals surface area (Å²) in [6.45, 7) is 4.03. The predicted molar refractivity (Wildman–Crippen MR) is 114 cm³/mol. The monoisotopic (exact) mass is 401 g/mol. The summed E-state index contributed by atoms with van der Waals surface area (Å²) in [6, 6.07) is 11.2. The Kier molecular flexibility index (Phi) is 4.38. The van der Waals surface area contributed by atoms with Crippen LogP contribution in [-0.2, 0) is 6.54 Å². The number of hydrogen-bond donors (Lipinski definition) is 1.